The van der Waals surface area contributed by atoms with E-state index in [0.717, 1.165) is 55.1 Å². The molecular formula is C23H30ClN3O3. The van der Waals surface area contributed by atoms with Crippen LogP contribution in [0.5, 0.6) is 0 Å². The highest BCUT2D eigenvalue weighted by atomic mass is 35.5. The van der Waals surface area contributed by atoms with E-state index in [4.69, 9.17) is 16.3 Å². The van der Waals surface area contributed by atoms with Crippen molar-refractivity contribution in [2.75, 3.05) is 31.7 Å². The van der Waals surface area contributed by atoms with E-state index >= 15 is 0 Å². The standard InChI is InChI=1S/C23H30ClN3O3/c1-14-9-15(2)26-23(29)20(14)12-25-22(28)19-10-18(24)11-21(16(19)3)27(4)13-17-5-7-30-8-6-17/h9-11,17H,5-8,12-13H2,1-4H3,(H,25,28)(H,26,29). The number of aromatic amines is 1. The molecule has 1 aliphatic rings. The smallest absolute Gasteiger partial charge is 0.253 e. The SMILES string of the molecule is Cc1cc(C)c(CNC(=O)c2cc(Cl)cc(N(C)CC3CCOCC3)c2C)c(=O)[nH]1. The van der Waals surface area contributed by atoms with Crippen molar-refractivity contribution in [3.05, 3.63) is 61.5 Å². The average molecular weight is 432 g/mol. The largest absolute Gasteiger partial charge is 0.381 e. The number of aryl methyl sites for hydroxylation is 2. The van der Waals surface area contributed by atoms with Gasteiger partial charge in [-0.25, -0.2) is 0 Å². The molecule has 7 heteroatoms. The molecule has 1 amide bonds. The molecule has 30 heavy (non-hydrogen) atoms. The first-order valence-electron chi connectivity index (χ1n) is 10.3. The first-order chi connectivity index (χ1) is 14.3. The molecule has 0 aliphatic carbocycles. The number of carbonyl (C=O) groups excluding carboxylic acids is 1. The van der Waals surface area contributed by atoms with Gasteiger partial charge in [-0.1, -0.05) is 11.6 Å². The second-order valence-electron chi connectivity index (χ2n) is 8.16. The fourth-order valence-electron chi connectivity index (χ4n) is 4.08. The van der Waals surface area contributed by atoms with E-state index in [9.17, 15) is 9.59 Å². The van der Waals surface area contributed by atoms with Gasteiger partial charge in [-0.05, 0) is 68.9 Å². The summed E-state index contributed by atoms with van der Waals surface area (Å²) >= 11 is 6.36. The van der Waals surface area contributed by atoms with Crippen LogP contribution in [0.15, 0.2) is 23.0 Å². The van der Waals surface area contributed by atoms with Crippen LogP contribution in [-0.4, -0.2) is 37.7 Å². The fraction of sp³-hybridized carbons (Fsp3) is 0.478. The number of nitrogens with zero attached hydrogens (tertiary/aromatic N) is 1. The summed E-state index contributed by atoms with van der Waals surface area (Å²) in [5, 5.41) is 3.40. The summed E-state index contributed by atoms with van der Waals surface area (Å²) in [6.07, 6.45) is 2.09. The monoisotopic (exact) mass is 431 g/mol. The molecule has 2 aromatic rings. The Morgan fingerprint density at radius 1 is 1.23 bits per heavy atom. The van der Waals surface area contributed by atoms with Crippen LogP contribution in [0.4, 0.5) is 5.69 Å². The van der Waals surface area contributed by atoms with Gasteiger partial charge < -0.3 is 19.9 Å². The molecule has 0 saturated carbocycles. The topological polar surface area (TPSA) is 74.4 Å². The lowest BCUT2D eigenvalue weighted by Crippen LogP contribution is -2.31. The number of halogens is 1. The van der Waals surface area contributed by atoms with Gasteiger partial charge in [0, 0.05) is 60.9 Å². The summed E-state index contributed by atoms with van der Waals surface area (Å²) < 4.78 is 5.45. The third-order valence-electron chi connectivity index (χ3n) is 5.79. The molecular weight excluding hydrogens is 402 g/mol. The summed E-state index contributed by atoms with van der Waals surface area (Å²) in [6.45, 7) is 8.31. The Bertz CT molecular complexity index is 980. The molecule has 0 atom stereocenters. The lowest BCUT2D eigenvalue weighted by Gasteiger charge is -2.30. The number of carbonyl (C=O) groups is 1. The van der Waals surface area contributed by atoms with E-state index in [1.807, 2.05) is 40.0 Å². The van der Waals surface area contributed by atoms with Crippen LogP contribution in [-0.2, 0) is 11.3 Å². The van der Waals surface area contributed by atoms with Crippen molar-refractivity contribution in [1.82, 2.24) is 10.3 Å². The molecule has 0 unspecified atom stereocenters. The average Bonchev–Trinajstić information content (AvgIpc) is 2.69. The number of anilines is 1. The molecule has 1 aliphatic heterocycles. The van der Waals surface area contributed by atoms with Crippen molar-refractivity contribution >= 4 is 23.2 Å². The number of benzene rings is 1. The molecule has 2 N–H and O–H groups in total. The number of ether oxygens (including phenoxy) is 1. The maximum Gasteiger partial charge on any atom is 0.253 e. The van der Waals surface area contributed by atoms with Crippen molar-refractivity contribution in [1.29, 1.82) is 0 Å². The highest BCUT2D eigenvalue weighted by Crippen LogP contribution is 2.29. The quantitative estimate of drug-likeness (QED) is 0.730. The minimum atomic E-state index is -0.241. The van der Waals surface area contributed by atoms with Crippen LogP contribution in [0.3, 0.4) is 0 Å². The molecule has 0 bridgehead atoms. The van der Waals surface area contributed by atoms with Gasteiger partial charge in [0.2, 0.25) is 0 Å². The van der Waals surface area contributed by atoms with Gasteiger partial charge in [-0.2, -0.15) is 0 Å². The maximum atomic E-state index is 12.9. The molecule has 1 fully saturated rings. The highest BCUT2D eigenvalue weighted by Gasteiger charge is 2.20. The lowest BCUT2D eigenvalue weighted by atomic mass is 9.98. The maximum absolute atomic E-state index is 12.9. The third kappa shape index (κ3) is 5.24. The number of amides is 1. The minimum absolute atomic E-state index is 0.166. The van der Waals surface area contributed by atoms with E-state index in [1.165, 1.54) is 0 Å². The summed E-state index contributed by atoms with van der Waals surface area (Å²) in [4.78, 5) is 30.1. The van der Waals surface area contributed by atoms with Crippen molar-refractivity contribution in [3.8, 4) is 0 Å². The minimum Gasteiger partial charge on any atom is -0.381 e. The second-order valence-corrected chi connectivity index (χ2v) is 8.60. The molecule has 1 aromatic heterocycles. The van der Waals surface area contributed by atoms with Crippen LogP contribution in [0, 0.1) is 26.7 Å². The molecule has 1 aromatic carbocycles. The zero-order valence-electron chi connectivity index (χ0n) is 18.1. The van der Waals surface area contributed by atoms with Crippen molar-refractivity contribution in [2.45, 2.75) is 40.2 Å². The van der Waals surface area contributed by atoms with Crippen LogP contribution < -0.4 is 15.8 Å². The number of aromatic nitrogens is 1. The number of hydrogen-bond acceptors (Lipinski definition) is 4. The van der Waals surface area contributed by atoms with Gasteiger partial charge in [-0.3, -0.25) is 9.59 Å². The van der Waals surface area contributed by atoms with Crippen molar-refractivity contribution in [2.24, 2.45) is 5.92 Å². The summed E-state index contributed by atoms with van der Waals surface area (Å²) in [5.41, 5.74) is 4.40. The second kappa shape index (κ2) is 9.67. The van der Waals surface area contributed by atoms with Gasteiger partial charge in [0.1, 0.15) is 0 Å². The zero-order chi connectivity index (χ0) is 21.8. The molecule has 3 rings (SSSR count). The number of rotatable bonds is 6. The van der Waals surface area contributed by atoms with E-state index in [0.29, 0.717) is 22.1 Å². The fourth-order valence-corrected chi connectivity index (χ4v) is 4.29. The molecule has 6 nitrogen and oxygen atoms in total. The van der Waals surface area contributed by atoms with Crippen LogP contribution in [0.2, 0.25) is 5.02 Å². The first-order valence-corrected chi connectivity index (χ1v) is 10.7. The predicted octanol–water partition coefficient (Wildman–Crippen LogP) is 3.75. The van der Waals surface area contributed by atoms with Crippen LogP contribution in [0.1, 0.15) is 45.6 Å². The Morgan fingerprint density at radius 3 is 2.60 bits per heavy atom. The van der Waals surface area contributed by atoms with Gasteiger partial charge >= 0.3 is 0 Å². The molecule has 2 heterocycles. The number of nitrogens with one attached hydrogen (secondary N) is 2. The summed E-state index contributed by atoms with van der Waals surface area (Å²) in [6, 6.07) is 5.49. The van der Waals surface area contributed by atoms with E-state index in [2.05, 4.69) is 15.2 Å². The predicted molar refractivity (Wildman–Crippen MR) is 121 cm³/mol. The molecule has 0 radical (unpaired) electrons. The first kappa shape index (κ1) is 22.4. The summed E-state index contributed by atoms with van der Waals surface area (Å²) in [5.74, 6) is 0.325. The van der Waals surface area contributed by atoms with Gasteiger partial charge in [0.15, 0.2) is 0 Å². The summed E-state index contributed by atoms with van der Waals surface area (Å²) in [7, 11) is 2.03. The lowest BCUT2D eigenvalue weighted by molar-refractivity contribution is 0.0685. The Kier molecular flexibility index (Phi) is 7.21. The number of hydrogen-bond donors (Lipinski definition) is 2. The van der Waals surface area contributed by atoms with E-state index in [1.54, 1.807) is 6.07 Å². The van der Waals surface area contributed by atoms with Crippen molar-refractivity contribution < 1.29 is 9.53 Å². The van der Waals surface area contributed by atoms with E-state index in [-0.39, 0.29) is 18.0 Å². The molecule has 0 spiro atoms. The Hall–Kier alpha value is -2.31. The normalized spacial score (nSPS) is 14.6. The van der Waals surface area contributed by atoms with Gasteiger partial charge in [0.25, 0.3) is 11.5 Å². The Balaban J connectivity index is 1.77. The number of pyridine rings is 1. The number of H-pyrrole nitrogens is 1. The molecule has 1 saturated heterocycles. The van der Waals surface area contributed by atoms with Gasteiger partial charge in [0.05, 0.1) is 0 Å². The van der Waals surface area contributed by atoms with Crippen molar-refractivity contribution in [3.63, 3.8) is 0 Å². The van der Waals surface area contributed by atoms with Crippen LogP contribution >= 0.6 is 11.6 Å². The zero-order valence-corrected chi connectivity index (χ0v) is 18.9. The molecule has 162 valence electrons. The highest BCUT2D eigenvalue weighted by molar-refractivity contribution is 6.31. The van der Waals surface area contributed by atoms with E-state index < -0.39 is 0 Å². The third-order valence-corrected chi connectivity index (χ3v) is 6.01. The Morgan fingerprint density at radius 2 is 1.93 bits per heavy atom. The Labute approximate surface area is 182 Å². The van der Waals surface area contributed by atoms with Crippen LogP contribution in [0.25, 0.3) is 0 Å². The van der Waals surface area contributed by atoms with Gasteiger partial charge in [-0.15, -0.1) is 0 Å².